The van der Waals surface area contributed by atoms with Gasteiger partial charge in [-0.25, -0.2) is 0 Å². The first-order valence-electron chi connectivity index (χ1n) is 7.00. The number of hydrogen-bond acceptors (Lipinski definition) is 5. The topological polar surface area (TPSA) is 97.9 Å². The fraction of sp³-hybridized carbons (Fsp3) is 0.0556. The second-order valence-corrected chi connectivity index (χ2v) is 4.63. The lowest BCUT2D eigenvalue weighted by Gasteiger charge is -2.09. The number of nitriles is 2. The number of hydrogen-bond donors (Lipinski definition) is 2. The number of ether oxygens (including phenoxy) is 1. The van der Waals surface area contributed by atoms with Gasteiger partial charge in [-0.2, -0.15) is 10.5 Å². The molecular formula is C18H14N4O2. The number of rotatable bonds is 5. The highest BCUT2D eigenvalue weighted by Gasteiger charge is 2.11. The van der Waals surface area contributed by atoms with E-state index in [9.17, 15) is 10.1 Å². The molecule has 0 atom stereocenters. The molecule has 24 heavy (non-hydrogen) atoms. The van der Waals surface area contributed by atoms with Gasteiger partial charge in [0.05, 0.1) is 24.0 Å². The van der Waals surface area contributed by atoms with Crippen molar-refractivity contribution in [1.29, 1.82) is 10.5 Å². The average Bonchev–Trinajstić information content (AvgIpc) is 2.63. The number of methoxy groups -OCH3 is 1. The minimum atomic E-state index is -0.609. The maximum Gasteiger partial charge on any atom is 0.267 e. The molecule has 2 rings (SSSR count). The summed E-state index contributed by atoms with van der Waals surface area (Å²) in [5.74, 6) is -0.0242. The fourth-order valence-corrected chi connectivity index (χ4v) is 1.94. The molecule has 6 nitrogen and oxygen atoms in total. The minimum absolute atomic E-state index is 0.131. The monoisotopic (exact) mass is 318 g/mol. The van der Waals surface area contributed by atoms with Gasteiger partial charge >= 0.3 is 0 Å². The quantitative estimate of drug-likeness (QED) is 0.652. The molecule has 0 bridgehead atoms. The molecule has 2 N–H and O–H groups in total. The zero-order chi connectivity index (χ0) is 17.4. The normalized spacial score (nSPS) is 10.2. The first kappa shape index (κ1) is 16.6. The molecule has 0 unspecified atom stereocenters. The Morgan fingerprint density at radius 1 is 1.08 bits per heavy atom. The van der Waals surface area contributed by atoms with E-state index in [0.29, 0.717) is 22.7 Å². The molecule has 2 aromatic rings. The molecule has 0 radical (unpaired) electrons. The summed E-state index contributed by atoms with van der Waals surface area (Å²) in [6, 6.07) is 17.5. The van der Waals surface area contributed by atoms with Gasteiger partial charge in [0, 0.05) is 6.20 Å². The lowest BCUT2D eigenvalue weighted by atomic mass is 10.2. The van der Waals surface area contributed by atoms with Crippen molar-refractivity contribution in [3.8, 4) is 17.9 Å². The molecule has 2 aromatic carbocycles. The van der Waals surface area contributed by atoms with Crippen molar-refractivity contribution in [1.82, 2.24) is 0 Å². The van der Waals surface area contributed by atoms with Crippen LogP contribution in [0.2, 0.25) is 0 Å². The van der Waals surface area contributed by atoms with Crippen molar-refractivity contribution in [2.24, 2.45) is 0 Å². The zero-order valence-corrected chi connectivity index (χ0v) is 12.9. The van der Waals surface area contributed by atoms with Crippen molar-refractivity contribution >= 4 is 17.3 Å². The van der Waals surface area contributed by atoms with Gasteiger partial charge in [-0.1, -0.05) is 24.3 Å². The molecule has 0 aliphatic heterocycles. The number of nitrogens with zero attached hydrogens (tertiary/aromatic N) is 2. The number of nitrogens with one attached hydrogen (secondary N) is 2. The summed E-state index contributed by atoms with van der Waals surface area (Å²) >= 11 is 0. The van der Waals surface area contributed by atoms with Gasteiger partial charge in [0.2, 0.25) is 0 Å². The van der Waals surface area contributed by atoms with Crippen LogP contribution in [0.4, 0.5) is 11.4 Å². The van der Waals surface area contributed by atoms with Crippen molar-refractivity contribution in [2.45, 2.75) is 0 Å². The van der Waals surface area contributed by atoms with Gasteiger partial charge in [0.15, 0.2) is 0 Å². The van der Waals surface area contributed by atoms with Gasteiger partial charge in [0.25, 0.3) is 5.91 Å². The van der Waals surface area contributed by atoms with E-state index in [2.05, 4.69) is 10.6 Å². The van der Waals surface area contributed by atoms with Crippen LogP contribution in [0, 0.1) is 22.7 Å². The SMILES string of the molecule is COc1ccccc1N/C=C(/C#N)C(=O)Nc1ccccc1C#N. The van der Waals surface area contributed by atoms with Crippen LogP contribution in [0.3, 0.4) is 0 Å². The molecule has 118 valence electrons. The molecule has 0 saturated carbocycles. The van der Waals surface area contributed by atoms with E-state index in [-0.39, 0.29) is 5.57 Å². The van der Waals surface area contributed by atoms with Crippen molar-refractivity contribution in [2.75, 3.05) is 17.7 Å². The highest BCUT2D eigenvalue weighted by atomic mass is 16.5. The van der Waals surface area contributed by atoms with Crippen molar-refractivity contribution in [3.63, 3.8) is 0 Å². The van der Waals surface area contributed by atoms with Crippen LogP contribution in [-0.2, 0) is 4.79 Å². The van der Waals surface area contributed by atoms with E-state index < -0.39 is 5.91 Å². The number of amides is 1. The molecule has 0 spiro atoms. The highest BCUT2D eigenvalue weighted by Crippen LogP contribution is 2.23. The third kappa shape index (κ3) is 3.90. The summed E-state index contributed by atoms with van der Waals surface area (Å²) in [7, 11) is 1.53. The molecule has 1 amide bonds. The van der Waals surface area contributed by atoms with Gasteiger partial charge in [0.1, 0.15) is 23.5 Å². The molecule has 0 aromatic heterocycles. The van der Waals surface area contributed by atoms with Gasteiger partial charge in [-0.05, 0) is 24.3 Å². The maximum atomic E-state index is 12.2. The number of carbonyl (C=O) groups is 1. The molecule has 0 saturated heterocycles. The minimum Gasteiger partial charge on any atom is -0.495 e. The lowest BCUT2D eigenvalue weighted by molar-refractivity contribution is -0.112. The molecule has 0 fully saturated rings. The first-order chi connectivity index (χ1) is 11.7. The van der Waals surface area contributed by atoms with E-state index in [1.54, 1.807) is 42.5 Å². The summed E-state index contributed by atoms with van der Waals surface area (Å²) in [6.45, 7) is 0. The summed E-state index contributed by atoms with van der Waals surface area (Å²) < 4.78 is 5.19. The standard InChI is InChI=1S/C18H14N4O2/c1-24-17-9-5-4-8-16(17)21-12-14(11-20)18(23)22-15-7-3-2-6-13(15)10-19/h2-9,12,21H,1H3,(H,22,23)/b14-12-. The van der Waals surface area contributed by atoms with Gasteiger partial charge < -0.3 is 15.4 Å². The predicted molar refractivity (Wildman–Crippen MR) is 90.1 cm³/mol. The summed E-state index contributed by atoms with van der Waals surface area (Å²) in [5.41, 5.74) is 1.16. The third-order valence-electron chi connectivity index (χ3n) is 3.14. The van der Waals surface area contributed by atoms with Crippen LogP contribution >= 0.6 is 0 Å². The smallest absolute Gasteiger partial charge is 0.267 e. The Bertz CT molecular complexity index is 860. The Morgan fingerprint density at radius 2 is 1.75 bits per heavy atom. The molecule has 0 heterocycles. The van der Waals surface area contributed by atoms with Crippen LogP contribution < -0.4 is 15.4 Å². The highest BCUT2D eigenvalue weighted by molar-refractivity contribution is 6.07. The Hall–Kier alpha value is -3.77. The van der Waals surface area contributed by atoms with Crippen molar-refractivity contribution < 1.29 is 9.53 Å². The Labute approximate surface area is 139 Å². The Morgan fingerprint density at radius 3 is 2.42 bits per heavy atom. The van der Waals surface area contributed by atoms with Crippen LogP contribution in [0.25, 0.3) is 0 Å². The lowest BCUT2D eigenvalue weighted by Crippen LogP contribution is -2.15. The predicted octanol–water partition coefficient (Wildman–Crippen LogP) is 3.02. The molecular weight excluding hydrogens is 304 g/mol. The molecule has 0 aliphatic rings. The number of carbonyl (C=O) groups excluding carboxylic acids is 1. The second kappa shape index (κ2) is 8.02. The zero-order valence-electron chi connectivity index (χ0n) is 12.9. The van der Waals surface area contributed by atoms with E-state index >= 15 is 0 Å². The van der Waals surface area contributed by atoms with Crippen LogP contribution in [0.15, 0.2) is 60.3 Å². The van der Waals surface area contributed by atoms with E-state index in [1.165, 1.54) is 13.3 Å². The van der Waals surface area contributed by atoms with Gasteiger partial charge in [-0.15, -0.1) is 0 Å². The summed E-state index contributed by atoms with van der Waals surface area (Å²) in [4.78, 5) is 12.2. The Balaban J connectivity index is 2.17. The van der Waals surface area contributed by atoms with E-state index in [1.807, 2.05) is 18.2 Å². The second-order valence-electron chi connectivity index (χ2n) is 4.63. The summed E-state index contributed by atoms with van der Waals surface area (Å²) in [6.07, 6.45) is 1.29. The van der Waals surface area contributed by atoms with Crippen LogP contribution in [-0.4, -0.2) is 13.0 Å². The average molecular weight is 318 g/mol. The van der Waals surface area contributed by atoms with Crippen LogP contribution in [0.5, 0.6) is 5.75 Å². The Kier molecular flexibility index (Phi) is 5.55. The first-order valence-corrected chi connectivity index (χ1v) is 7.00. The number of para-hydroxylation sites is 3. The molecule has 0 aliphatic carbocycles. The van der Waals surface area contributed by atoms with Crippen molar-refractivity contribution in [3.05, 3.63) is 65.9 Å². The van der Waals surface area contributed by atoms with E-state index in [4.69, 9.17) is 10.00 Å². The van der Waals surface area contributed by atoms with Crippen LogP contribution in [0.1, 0.15) is 5.56 Å². The number of benzene rings is 2. The van der Waals surface area contributed by atoms with Gasteiger partial charge in [-0.3, -0.25) is 4.79 Å². The summed E-state index contributed by atoms with van der Waals surface area (Å²) in [5, 5.41) is 23.6. The van der Waals surface area contributed by atoms with E-state index in [0.717, 1.165) is 0 Å². The maximum absolute atomic E-state index is 12.2. The fourth-order valence-electron chi connectivity index (χ4n) is 1.94. The largest absolute Gasteiger partial charge is 0.495 e. The number of anilines is 2. The third-order valence-corrected chi connectivity index (χ3v) is 3.14. The molecule has 6 heteroatoms.